The molecular weight excluding hydrogens is 398 g/mol. The molecule has 30 heavy (non-hydrogen) atoms. The Hall–Kier alpha value is -2.29. The van der Waals surface area contributed by atoms with E-state index in [1.807, 2.05) is 11.8 Å². The number of amides is 1. The van der Waals surface area contributed by atoms with Gasteiger partial charge in [-0.3, -0.25) is 19.3 Å². The van der Waals surface area contributed by atoms with Crippen molar-refractivity contribution in [2.24, 2.45) is 0 Å². The summed E-state index contributed by atoms with van der Waals surface area (Å²) in [5.41, 5.74) is 3.99. The molecule has 4 rings (SSSR count). The molecule has 1 aliphatic heterocycles. The van der Waals surface area contributed by atoms with Crippen molar-refractivity contribution in [3.05, 3.63) is 41.2 Å². The zero-order chi connectivity index (χ0) is 21.1. The average molecular weight is 428 g/mol. The summed E-state index contributed by atoms with van der Waals surface area (Å²) >= 11 is 1.58. The monoisotopic (exact) mass is 427 g/mol. The summed E-state index contributed by atoms with van der Waals surface area (Å²) in [6, 6.07) is 6.02. The van der Waals surface area contributed by atoms with Gasteiger partial charge in [-0.2, -0.15) is 5.10 Å². The Morgan fingerprint density at radius 1 is 1.23 bits per heavy atom. The van der Waals surface area contributed by atoms with Crippen molar-refractivity contribution < 1.29 is 9.53 Å². The van der Waals surface area contributed by atoms with Gasteiger partial charge in [0.05, 0.1) is 23.4 Å². The molecular formula is C22H29N5O2S. The fourth-order valence-electron chi connectivity index (χ4n) is 3.80. The predicted molar refractivity (Wildman–Crippen MR) is 121 cm³/mol. The molecule has 1 aliphatic rings. The molecule has 0 bridgehead atoms. The van der Waals surface area contributed by atoms with Crippen LogP contribution in [0.3, 0.4) is 0 Å². The second-order valence-electron chi connectivity index (χ2n) is 7.65. The van der Waals surface area contributed by atoms with Gasteiger partial charge in [-0.25, -0.2) is 4.98 Å². The first-order valence-electron chi connectivity index (χ1n) is 10.6. The number of fused-ring (bicyclic) bond motifs is 1. The molecule has 0 radical (unpaired) electrons. The van der Waals surface area contributed by atoms with Gasteiger partial charge in [-0.1, -0.05) is 17.4 Å². The maximum absolute atomic E-state index is 13.5. The smallest absolute Gasteiger partial charge is 0.278 e. The number of benzene rings is 1. The van der Waals surface area contributed by atoms with Crippen LogP contribution >= 0.6 is 11.3 Å². The third-order valence-corrected chi connectivity index (χ3v) is 6.79. The number of morpholine rings is 1. The number of hydrogen-bond acceptors (Lipinski definition) is 6. The Balaban J connectivity index is 1.61. The third kappa shape index (κ3) is 4.26. The first kappa shape index (κ1) is 21.0. The van der Waals surface area contributed by atoms with Crippen molar-refractivity contribution in [3.8, 4) is 0 Å². The first-order chi connectivity index (χ1) is 14.6. The molecule has 0 saturated carbocycles. The minimum atomic E-state index is -0.0373. The second-order valence-corrected chi connectivity index (χ2v) is 8.66. The lowest BCUT2D eigenvalue weighted by molar-refractivity contribution is 0.0376. The molecule has 3 heterocycles. The van der Waals surface area contributed by atoms with Gasteiger partial charge in [0.15, 0.2) is 5.13 Å². The Morgan fingerprint density at radius 3 is 2.80 bits per heavy atom. The molecule has 7 nitrogen and oxygen atoms in total. The summed E-state index contributed by atoms with van der Waals surface area (Å²) in [6.45, 7) is 11.9. The Labute approximate surface area is 181 Å². The minimum absolute atomic E-state index is 0.0373. The van der Waals surface area contributed by atoms with Crippen molar-refractivity contribution in [2.45, 2.75) is 33.7 Å². The first-order valence-corrected chi connectivity index (χ1v) is 11.4. The molecule has 0 spiro atoms. The van der Waals surface area contributed by atoms with Crippen molar-refractivity contribution in [3.63, 3.8) is 0 Å². The highest BCUT2D eigenvalue weighted by Gasteiger charge is 2.24. The molecule has 3 aromatic rings. The van der Waals surface area contributed by atoms with E-state index in [-0.39, 0.29) is 5.91 Å². The summed E-state index contributed by atoms with van der Waals surface area (Å²) in [5, 5.41) is 5.04. The number of aromatic nitrogens is 3. The minimum Gasteiger partial charge on any atom is -0.379 e. The second kappa shape index (κ2) is 9.24. The molecule has 1 fully saturated rings. The predicted octanol–water partition coefficient (Wildman–Crippen LogP) is 3.50. The number of nitrogens with zero attached hydrogens (tertiary/aromatic N) is 5. The number of rotatable bonds is 7. The molecule has 1 amide bonds. The molecule has 8 heteroatoms. The highest BCUT2D eigenvalue weighted by Crippen LogP contribution is 2.32. The van der Waals surface area contributed by atoms with E-state index in [4.69, 9.17) is 9.72 Å². The van der Waals surface area contributed by atoms with Crippen molar-refractivity contribution in [1.29, 1.82) is 0 Å². The van der Waals surface area contributed by atoms with E-state index in [0.717, 1.165) is 54.6 Å². The quantitative estimate of drug-likeness (QED) is 0.577. The normalized spacial score (nSPS) is 15.0. The van der Waals surface area contributed by atoms with Gasteiger partial charge in [0.2, 0.25) is 0 Å². The Bertz CT molecular complexity index is 1020. The van der Waals surface area contributed by atoms with Gasteiger partial charge < -0.3 is 4.74 Å². The number of aryl methyl sites for hydroxylation is 3. The molecule has 0 aliphatic carbocycles. The number of carbonyl (C=O) groups is 1. The van der Waals surface area contributed by atoms with Crippen LogP contribution in [0.4, 0.5) is 5.13 Å². The molecule has 1 saturated heterocycles. The lowest BCUT2D eigenvalue weighted by atomic mass is 10.1. The maximum atomic E-state index is 13.5. The van der Waals surface area contributed by atoms with E-state index in [0.29, 0.717) is 18.8 Å². The maximum Gasteiger partial charge on any atom is 0.278 e. The van der Waals surface area contributed by atoms with E-state index in [1.165, 1.54) is 11.1 Å². The zero-order valence-corrected chi connectivity index (χ0v) is 18.7. The van der Waals surface area contributed by atoms with Crippen LogP contribution in [0, 0.1) is 13.8 Å². The molecule has 2 aromatic heterocycles. The molecule has 0 N–H and O–H groups in total. The Morgan fingerprint density at radius 2 is 2.03 bits per heavy atom. The SMILES string of the molecule is CCn1nccc1C(=O)N(CCCN1CCOCC1)c1nc2c(C)c(C)ccc2s1. The third-order valence-electron chi connectivity index (χ3n) is 5.74. The van der Waals surface area contributed by atoms with Crippen LogP contribution in [0.2, 0.25) is 0 Å². The van der Waals surface area contributed by atoms with Crippen molar-refractivity contribution in [2.75, 3.05) is 44.3 Å². The van der Waals surface area contributed by atoms with Crippen molar-refractivity contribution >= 4 is 32.6 Å². The lowest BCUT2D eigenvalue weighted by Crippen LogP contribution is -2.39. The van der Waals surface area contributed by atoms with Gasteiger partial charge in [-0.05, 0) is 50.5 Å². The number of anilines is 1. The molecule has 160 valence electrons. The number of thiazole rings is 1. The molecule has 1 aromatic carbocycles. The largest absolute Gasteiger partial charge is 0.379 e. The van der Waals surface area contributed by atoms with Gasteiger partial charge >= 0.3 is 0 Å². The topological polar surface area (TPSA) is 63.5 Å². The highest BCUT2D eigenvalue weighted by molar-refractivity contribution is 7.22. The van der Waals surface area contributed by atoms with Gasteiger partial charge in [0.25, 0.3) is 5.91 Å². The number of carbonyl (C=O) groups excluding carboxylic acids is 1. The fourth-order valence-corrected chi connectivity index (χ4v) is 4.85. The van der Waals surface area contributed by atoms with Gasteiger partial charge in [-0.15, -0.1) is 0 Å². The number of ether oxygens (including phenoxy) is 1. The van der Waals surface area contributed by atoms with Crippen LogP contribution < -0.4 is 4.90 Å². The van der Waals surface area contributed by atoms with Crippen LogP contribution in [0.1, 0.15) is 35.0 Å². The zero-order valence-electron chi connectivity index (χ0n) is 17.9. The summed E-state index contributed by atoms with van der Waals surface area (Å²) in [4.78, 5) is 22.6. The molecule has 0 atom stereocenters. The van der Waals surface area contributed by atoms with Crippen LogP contribution in [-0.4, -0.2) is 65.0 Å². The van der Waals surface area contributed by atoms with Gasteiger partial charge in [0, 0.05) is 38.9 Å². The summed E-state index contributed by atoms with van der Waals surface area (Å²) in [5.74, 6) is -0.0373. The van der Waals surface area contributed by atoms with Crippen LogP contribution in [0.25, 0.3) is 10.2 Å². The highest BCUT2D eigenvalue weighted by atomic mass is 32.1. The molecule has 0 unspecified atom stereocenters. The number of hydrogen-bond donors (Lipinski definition) is 0. The van der Waals surface area contributed by atoms with E-state index in [9.17, 15) is 4.79 Å². The average Bonchev–Trinajstić information content (AvgIpc) is 3.41. The lowest BCUT2D eigenvalue weighted by Gasteiger charge is -2.27. The summed E-state index contributed by atoms with van der Waals surface area (Å²) in [6.07, 6.45) is 2.58. The van der Waals surface area contributed by atoms with E-state index in [1.54, 1.807) is 28.3 Å². The Kier molecular flexibility index (Phi) is 6.46. The fraction of sp³-hybridized carbons (Fsp3) is 0.500. The van der Waals surface area contributed by atoms with Crippen molar-refractivity contribution in [1.82, 2.24) is 19.7 Å². The van der Waals surface area contributed by atoms with E-state index < -0.39 is 0 Å². The van der Waals surface area contributed by atoms with E-state index in [2.05, 4.69) is 36.0 Å². The van der Waals surface area contributed by atoms with Crippen LogP contribution in [-0.2, 0) is 11.3 Å². The van der Waals surface area contributed by atoms with E-state index >= 15 is 0 Å². The summed E-state index contributed by atoms with van der Waals surface area (Å²) in [7, 11) is 0. The van der Waals surface area contributed by atoms with Crippen LogP contribution in [0.5, 0.6) is 0 Å². The standard InChI is InChI=1S/C22H29N5O2S/c1-4-27-18(8-9-23-27)21(28)26(11-5-10-25-12-14-29-15-13-25)22-24-20-17(3)16(2)6-7-19(20)30-22/h6-9H,4-5,10-15H2,1-3H3. The van der Waals surface area contributed by atoms with Gasteiger partial charge in [0.1, 0.15) is 5.69 Å². The van der Waals surface area contributed by atoms with Crippen LogP contribution in [0.15, 0.2) is 24.4 Å². The summed E-state index contributed by atoms with van der Waals surface area (Å²) < 4.78 is 8.30.